The van der Waals surface area contributed by atoms with Crippen LogP contribution in [0.15, 0.2) is 0 Å². The van der Waals surface area contributed by atoms with Crippen molar-refractivity contribution in [3.63, 3.8) is 0 Å². The summed E-state index contributed by atoms with van der Waals surface area (Å²) in [4.78, 5) is 4.66. The summed E-state index contributed by atoms with van der Waals surface area (Å²) in [5, 5.41) is 0. The van der Waals surface area contributed by atoms with Gasteiger partial charge in [-0.15, -0.1) is 0 Å². The van der Waals surface area contributed by atoms with Gasteiger partial charge >= 0.3 is 0 Å². The lowest BCUT2D eigenvalue weighted by molar-refractivity contribution is 0.431. The first-order chi connectivity index (χ1) is 11.6. The van der Waals surface area contributed by atoms with E-state index < -0.39 is 0 Å². The molecule has 0 amide bonds. The van der Waals surface area contributed by atoms with Gasteiger partial charge in [0.2, 0.25) is 0 Å². The Bertz CT molecular complexity index is 297. The van der Waals surface area contributed by atoms with Gasteiger partial charge in [-0.1, -0.05) is 73.7 Å². The third kappa shape index (κ3) is 12.5. The molecular weight excluding hydrogens is 413 g/mol. The van der Waals surface area contributed by atoms with Crippen LogP contribution in [0, 0.1) is 0 Å². The Hall–Kier alpha value is 1.18. The van der Waals surface area contributed by atoms with E-state index >= 15 is 0 Å². The van der Waals surface area contributed by atoms with Gasteiger partial charge in [0.1, 0.15) is 8.64 Å². The van der Waals surface area contributed by atoms with E-state index in [0.717, 1.165) is 72.0 Å². The molecule has 0 unspecified atom stereocenters. The molecule has 0 aromatic rings. The monoisotopic (exact) mass is 444 g/mol. The summed E-state index contributed by atoms with van der Waals surface area (Å²) in [5.41, 5.74) is 0. The van der Waals surface area contributed by atoms with Gasteiger partial charge in [0, 0.05) is 37.7 Å². The zero-order valence-corrected chi connectivity index (χ0v) is 20.3. The van der Waals surface area contributed by atoms with Crippen LogP contribution in [-0.2, 0) is 0 Å². The van der Waals surface area contributed by atoms with Gasteiger partial charge in [-0.05, 0) is 47.3 Å². The molecule has 0 saturated heterocycles. The molecule has 0 heterocycles. The minimum Gasteiger partial charge on any atom is -0.357 e. The van der Waals surface area contributed by atoms with Crippen molar-refractivity contribution in [1.82, 2.24) is 9.80 Å². The van der Waals surface area contributed by atoms with Crippen molar-refractivity contribution < 1.29 is 0 Å². The Kier molecular flexibility index (Phi) is 18.5. The third-order valence-electron chi connectivity index (χ3n) is 3.00. The van der Waals surface area contributed by atoms with Crippen LogP contribution >= 0.6 is 67.6 Å². The first-order valence-electron chi connectivity index (χ1n) is 8.77. The van der Waals surface area contributed by atoms with Gasteiger partial charge in [-0.2, -0.15) is 0 Å². The van der Waals surface area contributed by atoms with Crippen molar-refractivity contribution in [1.29, 1.82) is 0 Å². The van der Waals surface area contributed by atoms with Crippen LogP contribution in [0.3, 0.4) is 0 Å². The van der Waals surface area contributed by atoms with Crippen LogP contribution in [-0.4, -0.2) is 56.1 Å². The van der Waals surface area contributed by atoms with Crippen molar-refractivity contribution in [2.24, 2.45) is 0 Å². The van der Waals surface area contributed by atoms with Crippen molar-refractivity contribution in [3.8, 4) is 0 Å². The molecule has 8 heteroatoms. The van der Waals surface area contributed by atoms with Crippen molar-refractivity contribution in [3.05, 3.63) is 0 Å². The van der Waals surface area contributed by atoms with E-state index in [1.54, 1.807) is 21.6 Å². The standard InChI is InChI=1S/C16H32N2S6/c1-5-9-17(10-6-2)15(19)23-21-13-14-22-24-16(20)18(11-7-3)12-8-4/h5-14H2,1-4H3. The Morgan fingerprint density at radius 2 is 0.917 bits per heavy atom. The van der Waals surface area contributed by atoms with Crippen LogP contribution in [0.2, 0.25) is 0 Å². The Balaban J connectivity index is 3.85. The first-order valence-corrected chi connectivity index (χ1v) is 14.2. The van der Waals surface area contributed by atoms with E-state index in [4.69, 9.17) is 24.4 Å². The maximum Gasteiger partial charge on any atom is 0.147 e. The Labute approximate surface area is 176 Å². The minimum atomic E-state index is 1.04. The molecule has 0 rings (SSSR count). The summed E-state index contributed by atoms with van der Waals surface area (Å²) >= 11 is 11.1. The highest BCUT2D eigenvalue weighted by atomic mass is 33.1. The molecule has 0 spiro atoms. The molecule has 0 aliphatic heterocycles. The van der Waals surface area contributed by atoms with Crippen LogP contribution in [0.25, 0.3) is 0 Å². The zero-order valence-electron chi connectivity index (χ0n) is 15.4. The average molecular weight is 445 g/mol. The molecule has 0 bridgehead atoms. The Morgan fingerprint density at radius 1 is 0.625 bits per heavy atom. The topological polar surface area (TPSA) is 6.48 Å². The molecule has 0 aliphatic rings. The fourth-order valence-electron chi connectivity index (χ4n) is 2.03. The molecule has 2 nitrogen and oxygen atoms in total. The molecule has 0 saturated carbocycles. The SMILES string of the molecule is CCCN(CCC)C(=S)SSCCSSC(=S)N(CCC)CCC. The largest absolute Gasteiger partial charge is 0.357 e. The van der Waals surface area contributed by atoms with Gasteiger partial charge in [0.25, 0.3) is 0 Å². The van der Waals surface area contributed by atoms with Crippen LogP contribution in [0.4, 0.5) is 0 Å². The zero-order chi connectivity index (χ0) is 18.2. The first kappa shape index (κ1) is 25.2. The molecule has 0 atom stereocenters. The highest BCUT2D eigenvalue weighted by molar-refractivity contribution is 8.85. The molecule has 0 aromatic heterocycles. The van der Waals surface area contributed by atoms with Crippen molar-refractivity contribution in [2.45, 2.75) is 53.4 Å². The summed E-state index contributed by atoms with van der Waals surface area (Å²) in [7, 11) is 7.24. The van der Waals surface area contributed by atoms with Gasteiger partial charge in [0.15, 0.2) is 0 Å². The number of hydrogen-bond acceptors (Lipinski definition) is 6. The van der Waals surface area contributed by atoms with Crippen LogP contribution in [0.1, 0.15) is 53.4 Å². The lowest BCUT2D eigenvalue weighted by Gasteiger charge is -2.23. The van der Waals surface area contributed by atoms with E-state index in [2.05, 4.69) is 37.5 Å². The Morgan fingerprint density at radius 3 is 1.17 bits per heavy atom. The summed E-state index contributed by atoms with van der Waals surface area (Å²) in [5.74, 6) is 2.19. The van der Waals surface area contributed by atoms with E-state index in [1.807, 2.05) is 21.6 Å². The second-order valence-corrected chi connectivity index (χ2v) is 11.4. The number of nitrogens with zero attached hydrogens (tertiary/aromatic N) is 2. The second-order valence-electron chi connectivity index (χ2n) is 5.32. The fraction of sp³-hybridized carbons (Fsp3) is 0.875. The van der Waals surface area contributed by atoms with E-state index in [1.165, 1.54) is 0 Å². The predicted molar refractivity (Wildman–Crippen MR) is 130 cm³/mol. The normalized spacial score (nSPS) is 10.7. The summed E-state index contributed by atoms with van der Waals surface area (Å²) in [6.07, 6.45) is 4.62. The van der Waals surface area contributed by atoms with Crippen molar-refractivity contribution >= 4 is 76.3 Å². The highest BCUT2D eigenvalue weighted by Crippen LogP contribution is 2.30. The van der Waals surface area contributed by atoms with Gasteiger partial charge < -0.3 is 9.80 Å². The third-order valence-corrected chi connectivity index (χ3v) is 9.34. The van der Waals surface area contributed by atoms with Gasteiger partial charge in [-0.3, -0.25) is 0 Å². The average Bonchev–Trinajstić information content (AvgIpc) is 2.57. The quantitative estimate of drug-likeness (QED) is 0.177. The predicted octanol–water partition coefficient (Wildman–Crippen LogP) is 6.56. The van der Waals surface area contributed by atoms with E-state index in [-0.39, 0.29) is 0 Å². The smallest absolute Gasteiger partial charge is 0.147 e. The lowest BCUT2D eigenvalue weighted by atomic mass is 10.4. The highest BCUT2D eigenvalue weighted by Gasteiger charge is 2.10. The minimum absolute atomic E-state index is 1.04. The molecule has 0 radical (unpaired) electrons. The summed E-state index contributed by atoms with van der Waals surface area (Å²) in [6.45, 7) is 13.1. The maximum absolute atomic E-state index is 5.55. The maximum atomic E-state index is 5.55. The van der Waals surface area contributed by atoms with E-state index in [9.17, 15) is 0 Å². The number of thiocarbonyl (C=S) groups is 2. The van der Waals surface area contributed by atoms with Crippen LogP contribution in [0.5, 0.6) is 0 Å². The van der Waals surface area contributed by atoms with Crippen molar-refractivity contribution in [2.75, 3.05) is 37.7 Å². The molecule has 142 valence electrons. The number of rotatable bonds is 13. The van der Waals surface area contributed by atoms with Crippen LogP contribution < -0.4 is 0 Å². The molecule has 0 aliphatic carbocycles. The van der Waals surface area contributed by atoms with Gasteiger partial charge in [-0.25, -0.2) is 0 Å². The molecular formula is C16H32N2S6. The fourth-order valence-corrected chi connectivity index (χ4v) is 7.71. The molecule has 0 fully saturated rings. The molecule has 0 aromatic carbocycles. The molecule has 24 heavy (non-hydrogen) atoms. The molecule has 0 N–H and O–H groups in total. The van der Waals surface area contributed by atoms with E-state index in [0.29, 0.717) is 0 Å². The lowest BCUT2D eigenvalue weighted by Crippen LogP contribution is -2.28. The second kappa shape index (κ2) is 17.6. The number of hydrogen-bond donors (Lipinski definition) is 0. The van der Waals surface area contributed by atoms with Gasteiger partial charge in [0.05, 0.1) is 0 Å². The summed E-state index contributed by atoms with van der Waals surface area (Å²) in [6, 6.07) is 0. The summed E-state index contributed by atoms with van der Waals surface area (Å²) < 4.78 is 2.07.